The Morgan fingerprint density at radius 1 is 1.00 bits per heavy atom. The molecule has 4 aromatic rings. The van der Waals surface area contributed by atoms with E-state index in [1.165, 1.54) is 0 Å². The predicted octanol–water partition coefficient (Wildman–Crippen LogP) is 3.18. The predicted molar refractivity (Wildman–Crippen MR) is 79.9 cm³/mol. The van der Waals surface area contributed by atoms with Gasteiger partial charge in [-0.1, -0.05) is 40.1 Å². The molecule has 0 aliphatic rings. The molecule has 4 rings (SSSR count). The summed E-state index contributed by atoms with van der Waals surface area (Å²) in [6.07, 6.45) is 0. The second kappa shape index (κ2) is 4.43. The molecule has 2 heterocycles. The Morgan fingerprint density at radius 2 is 1.71 bits per heavy atom. The molecule has 0 atom stereocenters. The van der Waals surface area contributed by atoms with Gasteiger partial charge in [-0.3, -0.25) is 0 Å². The number of aromatic nitrogens is 3. The Kier molecular flexibility index (Phi) is 2.55. The number of halogens is 1. The first-order valence-corrected chi connectivity index (χ1v) is 6.65. The molecule has 0 fully saturated rings. The molecular weight excluding hydrogens is 290 g/mol. The van der Waals surface area contributed by atoms with E-state index in [2.05, 4.69) is 10.3 Å². The molecule has 2 aromatic heterocycles. The molecular formula is C15H8ClN3O2. The van der Waals surface area contributed by atoms with Crippen LogP contribution in [0.3, 0.4) is 0 Å². The van der Waals surface area contributed by atoms with Gasteiger partial charge in [0.2, 0.25) is 0 Å². The average molecular weight is 298 g/mol. The third kappa shape index (κ3) is 1.82. The Morgan fingerprint density at radius 3 is 2.48 bits per heavy atom. The zero-order valence-corrected chi connectivity index (χ0v) is 11.4. The first kappa shape index (κ1) is 12.1. The van der Waals surface area contributed by atoms with Crippen LogP contribution in [0.5, 0.6) is 0 Å². The highest BCUT2D eigenvalue weighted by Gasteiger charge is 2.14. The van der Waals surface area contributed by atoms with Crippen molar-refractivity contribution in [1.82, 2.24) is 15.0 Å². The van der Waals surface area contributed by atoms with Gasteiger partial charge in [0.15, 0.2) is 0 Å². The van der Waals surface area contributed by atoms with Crippen molar-refractivity contribution in [3.63, 3.8) is 0 Å². The quantitative estimate of drug-likeness (QED) is 0.541. The second-order valence-corrected chi connectivity index (χ2v) is 5.00. The molecule has 6 heteroatoms. The van der Waals surface area contributed by atoms with Crippen LogP contribution in [0, 0.1) is 0 Å². The maximum atomic E-state index is 11.9. The van der Waals surface area contributed by atoms with E-state index < -0.39 is 5.63 Å². The molecule has 0 aliphatic carbocycles. The summed E-state index contributed by atoms with van der Waals surface area (Å²) in [6.45, 7) is 0. The lowest BCUT2D eigenvalue weighted by Gasteiger charge is -2.03. The molecule has 0 saturated heterocycles. The Labute approximate surface area is 123 Å². The lowest BCUT2D eigenvalue weighted by molar-refractivity contribution is 0.556. The van der Waals surface area contributed by atoms with E-state index in [0.717, 1.165) is 11.1 Å². The molecule has 0 radical (unpaired) electrons. The van der Waals surface area contributed by atoms with Gasteiger partial charge >= 0.3 is 5.63 Å². The van der Waals surface area contributed by atoms with Crippen LogP contribution < -0.4 is 5.63 Å². The van der Waals surface area contributed by atoms with E-state index in [4.69, 9.17) is 16.0 Å². The standard InChI is InChI=1S/C15H8ClN3O2/c16-9-5-7-10(8-6-9)19-13-11-3-1-2-4-12(11)15(20)21-14(13)17-18-19/h1-8H. The van der Waals surface area contributed by atoms with Gasteiger partial charge in [0, 0.05) is 10.4 Å². The zero-order valence-electron chi connectivity index (χ0n) is 10.7. The molecule has 102 valence electrons. The van der Waals surface area contributed by atoms with E-state index in [9.17, 15) is 4.79 Å². The van der Waals surface area contributed by atoms with Crippen molar-refractivity contribution < 1.29 is 4.42 Å². The highest BCUT2D eigenvalue weighted by Crippen LogP contribution is 2.24. The summed E-state index contributed by atoms with van der Waals surface area (Å²) in [5.41, 5.74) is 1.25. The summed E-state index contributed by atoms with van der Waals surface area (Å²) in [5, 5.41) is 9.91. The third-order valence-electron chi connectivity index (χ3n) is 3.30. The van der Waals surface area contributed by atoms with Gasteiger partial charge in [-0.05, 0) is 30.3 Å². The van der Waals surface area contributed by atoms with Crippen LogP contribution >= 0.6 is 11.6 Å². The number of hydrogen-bond donors (Lipinski definition) is 0. The van der Waals surface area contributed by atoms with Gasteiger partial charge < -0.3 is 4.42 Å². The normalized spacial score (nSPS) is 11.3. The summed E-state index contributed by atoms with van der Waals surface area (Å²) in [6, 6.07) is 14.4. The van der Waals surface area contributed by atoms with Crippen LogP contribution in [0.1, 0.15) is 0 Å². The molecule has 0 spiro atoms. The first-order valence-electron chi connectivity index (χ1n) is 6.27. The lowest BCUT2D eigenvalue weighted by atomic mass is 10.1. The van der Waals surface area contributed by atoms with Gasteiger partial charge in [-0.15, -0.1) is 0 Å². The Hall–Kier alpha value is -2.66. The van der Waals surface area contributed by atoms with Gasteiger partial charge in [0.25, 0.3) is 5.71 Å². The van der Waals surface area contributed by atoms with Crippen molar-refractivity contribution in [3.05, 3.63) is 64.0 Å². The van der Waals surface area contributed by atoms with Crippen LogP contribution in [0.2, 0.25) is 5.02 Å². The van der Waals surface area contributed by atoms with Gasteiger partial charge in [-0.25, -0.2) is 9.48 Å². The van der Waals surface area contributed by atoms with Gasteiger partial charge in [-0.2, -0.15) is 0 Å². The number of benzene rings is 2. The summed E-state index contributed by atoms with van der Waals surface area (Å²) in [4.78, 5) is 11.9. The van der Waals surface area contributed by atoms with Crippen molar-refractivity contribution in [3.8, 4) is 5.69 Å². The van der Waals surface area contributed by atoms with E-state index >= 15 is 0 Å². The van der Waals surface area contributed by atoms with Crippen LogP contribution in [-0.4, -0.2) is 15.0 Å². The largest absolute Gasteiger partial charge is 0.400 e. The highest BCUT2D eigenvalue weighted by atomic mass is 35.5. The monoisotopic (exact) mass is 297 g/mol. The minimum Gasteiger partial charge on any atom is -0.400 e. The topological polar surface area (TPSA) is 60.9 Å². The molecule has 0 aliphatic heterocycles. The zero-order chi connectivity index (χ0) is 14.4. The van der Waals surface area contributed by atoms with Crippen LogP contribution in [0.25, 0.3) is 27.7 Å². The smallest absolute Gasteiger partial charge is 0.345 e. The molecule has 0 unspecified atom stereocenters. The fraction of sp³-hybridized carbons (Fsp3) is 0. The summed E-state index contributed by atoms with van der Waals surface area (Å²) in [7, 11) is 0. The van der Waals surface area contributed by atoms with Crippen LogP contribution in [0.15, 0.2) is 57.7 Å². The molecule has 0 amide bonds. The maximum absolute atomic E-state index is 11.9. The second-order valence-electron chi connectivity index (χ2n) is 4.57. The molecule has 0 saturated carbocycles. The highest BCUT2D eigenvalue weighted by molar-refractivity contribution is 6.30. The van der Waals surface area contributed by atoms with E-state index in [-0.39, 0.29) is 5.71 Å². The van der Waals surface area contributed by atoms with Crippen molar-refractivity contribution in [2.45, 2.75) is 0 Å². The lowest BCUT2D eigenvalue weighted by Crippen LogP contribution is -2.01. The average Bonchev–Trinajstić information content (AvgIpc) is 2.92. The van der Waals surface area contributed by atoms with Crippen LogP contribution in [-0.2, 0) is 0 Å². The number of hydrogen-bond acceptors (Lipinski definition) is 4. The molecule has 0 bridgehead atoms. The van der Waals surface area contributed by atoms with Gasteiger partial charge in [0.05, 0.1) is 11.1 Å². The number of rotatable bonds is 1. The number of nitrogens with zero attached hydrogens (tertiary/aromatic N) is 3. The Bertz CT molecular complexity index is 1020. The van der Waals surface area contributed by atoms with Crippen molar-refractivity contribution in [2.24, 2.45) is 0 Å². The number of fused-ring (bicyclic) bond motifs is 3. The maximum Gasteiger partial charge on any atom is 0.345 e. The Balaban J connectivity index is 2.14. The summed E-state index contributed by atoms with van der Waals surface area (Å²) >= 11 is 5.90. The van der Waals surface area contributed by atoms with Crippen molar-refractivity contribution >= 4 is 33.6 Å². The van der Waals surface area contributed by atoms with Crippen LogP contribution in [0.4, 0.5) is 0 Å². The van der Waals surface area contributed by atoms with E-state index in [1.54, 1.807) is 28.9 Å². The van der Waals surface area contributed by atoms with Crippen molar-refractivity contribution in [1.29, 1.82) is 0 Å². The molecule has 21 heavy (non-hydrogen) atoms. The SMILES string of the molecule is O=c1oc2nnn(-c3ccc(Cl)cc3)c2c2ccccc12. The van der Waals surface area contributed by atoms with E-state index in [0.29, 0.717) is 15.9 Å². The van der Waals surface area contributed by atoms with E-state index in [1.807, 2.05) is 24.3 Å². The minimum atomic E-state index is -0.416. The molecule has 2 aromatic carbocycles. The first-order chi connectivity index (χ1) is 10.2. The summed E-state index contributed by atoms with van der Waals surface area (Å²) < 4.78 is 6.86. The minimum absolute atomic E-state index is 0.216. The van der Waals surface area contributed by atoms with Gasteiger partial charge in [0.1, 0.15) is 5.52 Å². The fourth-order valence-electron chi connectivity index (χ4n) is 2.34. The van der Waals surface area contributed by atoms with Crippen molar-refractivity contribution in [2.75, 3.05) is 0 Å². The fourth-order valence-corrected chi connectivity index (χ4v) is 2.47. The third-order valence-corrected chi connectivity index (χ3v) is 3.55. The summed E-state index contributed by atoms with van der Waals surface area (Å²) in [5.74, 6) is 0. The molecule has 0 N–H and O–H groups in total. The molecule has 5 nitrogen and oxygen atoms in total.